The van der Waals surface area contributed by atoms with E-state index in [0.717, 1.165) is 44.1 Å². The van der Waals surface area contributed by atoms with Crippen LogP contribution in [-0.4, -0.2) is 35.6 Å². The summed E-state index contributed by atoms with van der Waals surface area (Å²) in [5.41, 5.74) is 0.939. The van der Waals surface area contributed by atoms with Crippen LogP contribution in [0.25, 0.3) is 0 Å². The molecule has 1 aromatic rings. The summed E-state index contributed by atoms with van der Waals surface area (Å²) in [6.45, 7) is 4.67. The zero-order chi connectivity index (χ0) is 14.8. The first-order chi connectivity index (χ1) is 10.1. The summed E-state index contributed by atoms with van der Waals surface area (Å²) in [6, 6.07) is 3.81. The molecule has 6 heteroatoms. The molecule has 1 saturated heterocycles. The van der Waals surface area contributed by atoms with Gasteiger partial charge in [-0.25, -0.2) is 4.98 Å². The lowest BCUT2D eigenvalue weighted by Crippen LogP contribution is -2.43. The van der Waals surface area contributed by atoms with Gasteiger partial charge in [0, 0.05) is 30.9 Å². The number of nitrogens with zero attached hydrogens (tertiary/aromatic N) is 3. The van der Waals surface area contributed by atoms with Crippen LogP contribution in [0.1, 0.15) is 31.4 Å². The van der Waals surface area contributed by atoms with E-state index < -0.39 is 0 Å². The monoisotopic (exact) mass is 290 g/mol. The van der Waals surface area contributed by atoms with Crippen LogP contribution < -0.4 is 10.2 Å². The molecule has 0 radical (unpaired) electrons. The molecule has 1 aromatic heterocycles. The molecular weight excluding hydrogens is 268 g/mol. The number of rotatable bonds is 5. The molecule has 1 aliphatic heterocycles. The molecule has 21 heavy (non-hydrogen) atoms. The maximum Gasteiger partial charge on any atom is 0.311 e. The fourth-order valence-electron chi connectivity index (χ4n) is 2.86. The number of nitrogens with one attached hydrogen (secondary N) is 1. The smallest absolute Gasteiger partial charge is 0.311 e. The fraction of sp³-hybridized carbons (Fsp3) is 0.667. The Morgan fingerprint density at radius 2 is 2.05 bits per heavy atom. The minimum Gasteiger partial charge on any atom is -0.351 e. The van der Waals surface area contributed by atoms with Crippen molar-refractivity contribution in [2.45, 2.75) is 38.6 Å². The summed E-state index contributed by atoms with van der Waals surface area (Å²) in [6.07, 6.45) is 4.79. The maximum atomic E-state index is 11.2. The summed E-state index contributed by atoms with van der Waals surface area (Å²) in [5, 5.41) is 14.8. The standard InChI is InChI=1S/C15H22N4O2/c1-11-2-5-14(19(20)21)15(17-11)18-8-6-13(7-9-18)16-10-12-3-4-12/h2,5,12-13,16H,3-4,6-10H2,1H3. The molecule has 0 bridgehead atoms. The number of nitro groups is 1. The highest BCUT2D eigenvalue weighted by atomic mass is 16.6. The summed E-state index contributed by atoms with van der Waals surface area (Å²) in [4.78, 5) is 17.3. The quantitative estimate of drug-likeness (QED) is 0.665. The van der Waals surface area contributed by atoms with Crippen molar-refractivity contribution in [3.63, 3.8) is 0 Å². The van der Waals surface area contributed by atoms with Crippen LogP contribution in [0.4, 0.5) is 11.5 Å². The van der Waals surface area contributed by atoms with E-state index in [0.29, 0.717) is 11.9 Å². The Morgan fingerprint density at radius 1 is 1.33 bits per heavy atom. The van der Waals surface area contributed by atoms with Crippen molar-refractivity contribution in [1.82, 2.24) is 10.3 Å². The average molecular weight is 290 g/mol. The lowest BCUT2D eigenvalue weighted by molar-refractivity contribution is -0.384. The summed E-state index contributed by atoms with van der Waals surface area (Å²) in [7, 11) is 0. The van der Waals surface area contributed by atoms with Crippen LogP contribution in [0.5, 0.6) is 0 Å². The lowest BCUT2D eigenvalue weighted by atomic mass is 10.0. The minimum absolute atomic E-state index is 0.116. The molecule has 6 nitrogen and oxygen atoms in total. The first-order valence-electron chi connectivity index (χ1n) is 7.74. The van der Waals surface area contributed by atoms with Crippen LogP contribution in [0.3, 0.4) is 0 Å². The number of hydrogen-bond donors (Lipinski definition) is 1. The Morgan fingerprint density at radius 3 is 2.67 bits per heavy atom. The maximum absolute atomic E-state index is 11.2. The molecule has 2 heterocycles. The fourth-order valence-corrected chi connectivity index (χ4v) is 2.86. The van der Waals surface area contributed by atoms with Gasteiger partial charge < -0.3 is 10.2 Å². The molecule has 0 amide bonds. The van der Waals surface area contributed by atoms with Gasteiger partial charge in [-0.05, 0) is 51.1 Å². The molecule has 3 rings (SSSR count). The minimum atomic E-state index is -0.334. The largest absolute Gasteiger partial charge is 0.351 e. The third-order valence-electron chi connectivity index (χ3n) is 4.38. The average Bonchev–Trinajstić information content (AvgIpc) is 3.29. The molecule has 2 fully saturated rings. The van der Waals surface area contributed by atoms with Crippen molar-refractivity contribution < 1.29 is 4.92 Å². The SMILES string of the molecule is Cc1ccc([N+](=O)[O-])c(N2CCC(NCC3CC3)CC2)n1. The van der Waals surface area contributed by atoms with E-state index in [2.05, 4.69) is 15.2 Å². The number of anilines is 1. The Kier molecular flexibility index (Phi) is 4.05. The van der Waals surface area contributed by atoms with Crippen molar-refractivity contribution in [3.8, 4) is 0 Å². The Hall–Kier alpha value is -1.69. The van der Waals surface area contributed by atoms with Gasteiger partial charge in [0.2, 0.25) is 5.82 Å². The highest BCUT2D eigenvalue weighted by molar-refractivity contribution is 5.58. The van der Waals surface area contributed by atoms with Crippen LogP contribution >= 0.6 is 0 Å². The van der Waals surface area contributed by atoms with Gasteiger partial charge in [0.05, 0.1) is 4.92 Å². The zero-order valence-electron chi connectivity index (χ0n) is 12.4. The molecule has 1 N–H and O–H groups in total. The second-order valence-corrected chi connectivity index (χ2v) is 6.17. The van der Waals surface area contributed by atoms with E-state index >= 15 is 0 Å². The lowest BCUT2D eigenvalue weighted by Gasteiger charge is -2.33. The van der Waals surface area contributed by atoms with E-state index in [9.17, 15) is 10.1 Å². The molecule has 1 aliphatic carbocycles. The summed E-state index contributed by atoms with van der Waals surface area (Å²) in [5.74, 6) is 1.42. The second-order valence-electron chi connectivity index (χ2n) is 6.17. The van der Waals surface area contributed by atoms with Gasteiger partial charge in [0.15, 0.2) is 0 Å². The Labute approximate surface area is 124 Å². The van der Waals surface area contributed by atoms with Gasteiger partial charge in [-0.15, -0.1) is 0 Å². The zero-order valence-corrected chi connectivity index (χ0v) is 12.4. The molecular formula is C15H22N4O2. The highest BCUT2D eigenvalue weighted by Gasteiger charge is 2.27. The van der Waals surface area contributed by atoms with Crippen molar-refractivity contribution in [1.29, 1.82) is 0 Å². The van der Waals surface area contributed by atoms with Gasteiger partial charge in [-0.1, -0.05) is 0 Å². The van der Waals surface area contributed by atoms with Crippen LogP contribution in [-0.2, 0) is 0 Å². The Balaban J connectivity index is 1.63. The third-order valence-corrected chi connectivity index (χ3v) is 4.38. The number of aromatic nitrogens is 1. The van der Waals surface area contributed by atoms with Gasteiger partial charge in [-0.3, -0.25) is 10.1 Å². The summed E-state index contributed by atoms with van der Waals surface area (Å²) >= 11 is 0. The molecule has 2 aliphatic rings. The highest BCUT2D eigenvalue weighted by Crippen LogP contribution is 2.30. The third kappa shape index (κ3) is 3.50. The van der Waals surface area contributed by atoms with Crippen LogP contribution in [0.15, 0.2) is 12.1 Å². The molecule has 1 saturated carbocycles. The molecule has 0 spiro atoms. The number of hydrogen-bond acceptors (Lipinski definition) is 5. The van der Waals surface area contributed by atoms with Gasteiger partial charge in [-0.2, -0.15) is 0 Å². The van der Waals surface area contributed by atoms with Crippen molar-refractivity contribution in [2.75, 3.05) is 24.5 Å². The first kappa shape index (κ1) is 14.3. The van der Waals surface area contributed by atoms with E-state index in [1.165, 1.54) is 12.8 Å². The van der Waals surface area contributed by atoms with Crippen LogP contribution in [0.2, 0.25) is 0 Å². The molecule has 0 atom stereocenters. The predicted octanol–water partition coefficient (Wildman–Crippen LogP) is 2.27. The van der Waals surface area contributed by atoms with Crippen LogP contribution in [0, 0.1) is 23.0 Å². The first-order valence-corrected chi connectivity index (χ1v) is 7.74. The van der Waals surface area contributed by atoms with E-state index in [-0.39, 0.29) is 10.6 Å². The number of piperidine rings is 1. The topological polar surface area (TPSA) is 71.3 Å². The predicted molar refractivity (Wildman–Crippen MR) is 81.6 cm³/mol. The van der Waals surface area contributed by atoms with E-state index in [1.807, 2.05) is 6.92 Å². The molecule has 0 unspecified atom stereocenters. The normalized spacial score (nSPS) is 19.8. The van der Waals surface area contributed by atoms with Crippen molar-refractivity contribution in [3.05, 3.63) is 27.9 Å². The van der Waals surface area contributed by atoms with E-state index in [1.54, 1.807) is 12.1 Å². The Bertz CT molecular complexity index is 522. The second kappa shape index (κ2) is 5.97. The molecule has 114 valence electrons. The summed E-state index contributed by atoms with van der Waals surface area (Å²) < 4.78 is 0. The van der Waals surface area contributed by atoms with Gasteiger partial charge in [0.1, 0.15) is 0 Å². The molecule has 0 aromatic carbocycles. The number of aryl methyl sites for hydroxylation is 1. The van der Waals surface area contributed by atoms with Gasteiger partial charge in [0.25, 0.3) is 0 Å². The van der Waals surface area contributed by atoms with E-state index in [4.69, 9.17) is 0 Å². The van der Waals surface area contributed by atoms with Gasteiger partial charge >= 0.3 is 5.69 Å². The number of pyridine rings is 1. The van der Waals surface area contributed by atoms with Crippen molar-refractivity contribution in [2.24, 2.45) is 5.92 Å². The van der Waals surface area contributed by atoms with Crippen molar-refractivity contribution >= 4 is 11.5 Å².